The summed E-state index contributed by atoms with van der Waals surface area (Å²) in [7, 11) is 0. The Labute approximate surface area is 92.0 Å². The number of carbonyl (C=O) groups is 1. The van der Waals surface area contributed by atoms with Gasteiger partial charge in [0.05, 0.1) is 12.1 Å². The fourth-order valence-corrected chi connectivity index (χ4v) is 1.14. The highest BCUT2D eigenvalue weighted by Gasteiger charge is 2.39. The Kier molecular flexibility index (Phi) is 5.21. The summed E-state index contributed by atoms with van der Waals surface area (Å²) in [5.41, 5.74) is 4.38. The molecule has 0 aromatic carbocycles. The van der Waals surface area contributed by atoms with Crippen LogP contribution in [-0.2, 0) is 4.79 Å². The van der Waals surface area contributed by atoms with Gasteiger partial charge in [-0.1, -0.05) is 13.3 Å². The maximum atomic E-state index is 11.9. The molecule has 0 aliphatic heterocycles. The lowest BCUT2D eigenvalue weighted by Gasteiger charge is -2.24. The second-order valence-electron chi connectivity index (χ2n) is 3.93. The largest absolute Gasteiger partial charge is 0.416 e. The molecule has 0 aromatic heterocycles. The summed E-state index contributed by atoms with van der Waals surface area (Å²) < 4.78 is 35.7. The molecule has 0 radical (unpaired) electrons. The first-order chi connectivity index (χ1) is 7.11. The Balaban J connectivity index is 4.17. The lowest BCUT2D eigenvalue weighted by molar-refractivity contribution is -0.202. The van der Waals surface area contributed by atoms with Crippen molar-refractivity contribution in [2.45, 2.75) is 44.5 Å². The van der Waals surface area contributed by atoms with Crippen molar-refractivity contribution in [3.63, 3.8) is 0 Å². The Bertz CT molecular complexity index is 241. The predicted octanol–water partition coefficient (Wildman–Crippen LogP) is 0.543. The number of aliphatic hydroxyl groups is 1. The van der Waals surface area contributed by atoms with Gasteiger partial charge < -0.3 is 16.2 Å². The molecule has 4 nitrogen and oxygen atoms in total. The van der Waals surface area contributed by atoms with Gasteiger partial charge in [-0.3, -0.25) is 4.79 Å². The number of hydrogen-bond acceptors (Lipinski definition) is 3. The Hall–Kier alpha value is -0.820. The fraction of sp³-hybridized carbons (Fsp3) is 0.889. The van der Waals surface area contributed by atoms with Crippen molar-refractivity contribution in [2.75, 3.05) is 6.54 Å². The maximum absolute atomic E-state index is 11.9. The van der Waals surface area contributed by atoms with Gasteiger partial charge in [0.1, 0.15) is 0 Å². The molecule has 0 fully saturated rings. The first-order valence-electron chi connectivity index (χ1n) is 4.93. The number of alkyl halides is 3. The van der Waals surface area contributed by atoms with Gasteiger partial charge in [-0.2, -0.15) is 13.2 Å². The number of rotatable bonds is 5. The van der Waals surface area contributed by atoms with Crippen LogP contribution in [0.5, 0.6) is 0 Å². The van der Waals surface area contributed by atoms with E-state index >= 15 is 0 Å². The molecular weight excluding hydrogens is 225 g/mol. The van der Waals surface area contributed by atoms with Crippen molar-refractivity contribution >= 4 is 5.91 Å². The molecule has 96 valence electrons. The van der Waals surface area contributed by atoms with Gasteiger partial charge in [0.2, 0.25) is 5.91 Å². The van der Waals surface area contributed by atoms with E-state index in [-0.39, 0.29) is 0 Å². The highest BCUT2D eigenvalue weighted by molar-refractivity contribution is 5.85. The van der Waals surface area contributed by atoms with Crippen LogP contribution in [0, 0.1) is 0 Å². The topological polar surface area (TPSA) is 75.4 Å². The summed E-state index contributed by atoms with van der Waals surface area (Å²) in [6, 6.07) is 0. The zero-order chi connectivity index (χ0) is 13.0. The minimum absolute atomic E-state index is 0.362. The van der Waals surface area contributed by atoms with Crippen molar-refractivity contribution in [3.8, 4) is 0 Å². The number of hydrogen-bond donors (Lipinski definition) is 3. The van der Waals surface area contributed by atoms with Crippen LogP contribution in [-0.4, -0.2) is 35.4 Å². The molecule has 16 heavy (non-hydrogen) atoms. The molecule has 4 N–H and O–H groups in total. The maximum Gasteiger partial charge on any atom is 0.416 e. The average Bonchev–Trinajstić information content (AvgIpc) is 2.11. The van der Waals surface area contributed by atoms with E-state index in [4.69, 9.17) is 10.8 Å². The number of amides is 1. The van der Waals surface area contributed by atoms with E-state index in [0.29, 0.717) is 12.8 Å². The monoisotopic (exact) mass is 242 g/mol. The number of nitrogens with one attached hydrogen (secondary N) is 1. The molecule has 2 unspecified atom stereocenters. The molecule has 2 atom stereocenters. The molecule has 0 spiro atoms. The molecule has 0 aliphatic rings. The van der Waals surface area contributed by atoms with E-state index in [9.17, 15) is 18.0 Å². The van der Waals surface area contributed by atoms with Gasteiger partial charge in [0.25, 0.3) is 0 Å². The molecule has 0 saturated heterocycles. The lowest BCUT2D eigenvalue weighted by Crippen LogP contribution is -2.54. The first-order valence-corrected chi connectivity index (χ1v) is 4.93. The normalized spacial score (nSPS) is 17.7. The van der Waals surface area contributed by atoms with Crippen molar-refractivity contribution in [2.24, 2.45) is 5.73 Å². The van der Waals surface area contributed by atoms with Gasteiger partial charge in [-0.15, -0.1) is 0 Å². The van der Waals surface area contributed by atoms with Crippen molar-refractivity contribution in [1.29, 1.82) is 0 Å². The van der Waals surface area contributed by atoms with Gasteiger partial charge in [-0.25, -0.2) is 0 Å². The molecule has 0 aromatic rings. The molecule has 0 saturated carbocycles. The molecule has 7 heteroatoms. The van der Waals surface area contributed by atoms with Crippen LogP contribution in [0.4, 0.5) is 13.2 Å². The second kappa shape index (κ2) is 5.49. The zero-order valence-corrected chi connectivity index (χ0v) is 9.27. The van der Waals surface area contributed by atoms with E-state index in [0.717, 1.165) is 0 Å². The molecule has 0 rings (SSSR count). The fourth-order valence-electron chi connectivity index (χ4n) is 1.14. The van der Waals surface area contributed by atoms with Gasteiger partial charge in [0, 0.05) is 0 Å². The van der Waals surface area contributed by atoms with E-state index in [1.54, 1.807) is 0 Å². The van der Waals surface area contributed by atoms with Crippen LogP contribution in [0.25, 0.3) is 0 Å². The highest BCUT2D eigenvalue weighted by Crippen LogP contribution is 2.19. The Morgan fingerprint density at radius 3 is 2.38 bits per heavy atom. The van der Waals surface area contributed by atoms with Crippen molar-refractivity contribution in [1.82, 2.24) is 5.32 Å². The summed E-state index contributed by atoms with van der Waals surface area (Å²) in [4.78, 5) is 11.4. The van der Waals surface area contributed by atoms with E-state index in [1.807, 2.05) is 12.2 Å². The summed E-state index contributed by atoms with van der Waals surface area (Å²) in [6.07, 6.45) is -6.29. The summed E-state index contributed by atoms with van der Waals surface area (Å²) in [5.74, 6) is -0.697. The third kappa shape index (κ3) is 4.80. The third-order valence-corrected chi connectivity index (χ3v) is 2.12. The van der Waals surface area contributed by atoms with E-state index in [1.165, 1.54) is 6.92 Å². The van der Waals surface area contributed by atoms with Crippen LogP contribution >= 0.6 is 0 Å². The zero-order valence-electron chi connectivity index (χ0n) is 9.27. The van der Waals surface area contributed by atoms with Crippen LogP contribution in [0.15, 0.2) is 0 Å². The predicted molar refractivity (Wildman–Crippen MR) is 52.6 cm³/mol. The lowest BCUT2D eigenvalue weighted by atomic mass is 9.96. The quantitative estimate of drug-likeness (QED) is 0.658. The highest BCUT2D eigenvalue weighted by atomic mass is 19.4. The van der Waals surface area contributed by atoms with Crippen molar-refractivity contribution in [3.05, 3.63) is 0 Å². The van der Waals surface area contributed by atoms with E-state index in [2.05, 4.69) is 0 Å². The number of aliphatic hydroxyl groups excluding tert-OH is 1. The van der Waals surface area contributed by atoms with Crippen LogP contribution in [0.1, 0.15) is 26.7 Å². The summed E-state index contributed by atoms with van der Waals surface area (Å²) in [6.45, 7) is 2.37. The standard InChI is InChI=1S/C9H17F3N2O2/c1-3-4-8(2,13)7(16)14-5-6(15)9(10,11)12/h6,15H,3-5,13H2,1-2H3,(H,14,16). The molecule has 0 heterocycles. The van der Waals surface area contributed by atoms with Crippen molar-refractivity contribution < 1.29 is 23.1 Å². The second-order valence-corrected chi connectivity index (χ2v) is 3.93. The molecule has 1 amide bonds. The number of halogens is 3. The first kappa shape index (κ1) is 15.2. The smallest absolute Gasteiger partial charge is 0.382 e. The van der Waals surface area contributed by atoms with Crippen LogP contribution in [0.2, 0.25) is 0 Å². The Morgan fingerprint density at radius 1 is 1.50 bits per heavy atom. The molecule has 0 bridgehead atoms. The number of nitrogens with two attached hydrogens (primary N) is 1. The summed E-state index contributed by atoms with van der Waals surface area (Å²) >= 11 is 0. The van der Waals surface area contributed by atoms with Gasteiger partial charge in [-0.05, 0) is 13.3 Å². The van der Waals surface area contributed by atoms with Crippen LogP contribution < -0.4 is 11.1 Å². The molecule has 0 aliphatic carbocycles. The minimum Gasteiger partial charge on any atom is -0.382 e. The molecular formula is C9H17F3N2O2. The SMILES string of the molecule is CCCC(C)(N)C(=O)NCC(O)C(F)(F)F. The summed E-state index contributed by atoms with van der Waals surface area (Å²) in [5, 5.41) is 10.6. The Morgan fingerprint density at radius 2 is 2.00 bits per heavy atom. The van der Waals surface area contributed by atoms with Crippen LogP contribution in [0.3, 0.4) is 0 Å². The van der Waals surface area contributed by atoms with E-state index < -0.39 is 30.3 Å². The third-order valence-electron chi connectivity index (χ3n) is 2.12. The minimum atomic E-state index is -4.73. The number of carbonyl (C=O) groups excluding carboxylic acids is 1. The van der Waals surface area contributed by atoms with Gasteiger partial charge >= 0.3 is 6.18 Å². The van der Waals surface area contributed by atoms with Gasteiger partial charge in [0.15, 0.2) is 6.10 Å². The average molecular weight is 242 g/mol.